The van der Waals surface area contributed by atoms with Crippen LogP contribution in [0.5, 0.6) is 5.75 Å². The van der Waals surface area contributed by atoms with Crippen LogP contribution in [0, 0.1) is 23.7 Å². The number of carbonyl (C=O) groups is 3. The number of nitrogens with one attached hydrogen (secondary N) is 1. The number of allylic oxidation sites excluding steroid dienone is 1. The second kappa shape index (κ2) is 9.24. The van der Waals surface area contributed by atoms with Crippen LogP contribution in [-0.4, -0.2) is 59.0 Å². The topological polar surface area (TPSA) is 124 Å². The third-order valence-electron chi connectivity index (χ3n) is 8.96. The maximum Gasteiger partial charge on any atom is 0.514 e. The summed E-state index contributed by atoms with van der Waals surface area (Å²) in [6, 6.07) is 7.32. The van der Waals surface area contributed by atoms with E-state index in [-0.39, 0.29) is 18.1 Å². The number of benzene rings is 1. The zero-order valence-electron chi connectivity index (χ0n) is 22.3. The molecule has 1 amide bonds. The van der Waals surface area contributed by atoms with E-state index in [0.717, 1.165) is 23.7 Å². The number of cyclic esters (lactones) is 1. The standard InChI is InChI=1S/C29H35NO8/c1-16-7-6-8-20-24-28(4,37-24)17(2)22-21(15-18-9-11-19(35-5)12-10-18)30-25(32)29(20,22)38-26(33)36-14-13-27(3,34)23(16)31/h6,8-14,16-17,20-22,24,34H,7,15H2,1-5H3,(H,30,32)/b8-6+,14-13+/t16-,17-,20-,21-,22-,24-,27+,28+,29+/m0/s1. The van der Waals surface area contributed by atoms with E-state index < -0.39 is 52.4 Å². The molecule has 0 radical (unpaired) electrons. The quantitative estimate of drug-likeness (QED) is 0.351. The maximum atomic E-state index is 13.9. The molecule has 3 fully saturated rings. The van der Waals surface area contributed by atoms with Crippen LogP contribution in [0.25, 0.3) is 0 Å². The number of fused-ring (bicyclic) bond motifs is 2. The Morgan fingerprint density at radius 2 is 1.84 bits per heavy atom. The summed E-state index contributed by atoms with van der Waals surface area (Å²) in [6.45, 7) is 7.12. The number of aliphatic hydroxyl groups is 1. The average molecular weight is 526 g/mol. The summed E-state index contributed by atoms with van der Waals surface area (Å²) in [7, 11) is 1.61. The van der Waals surface area contributed by atoms with E-state index >= 15 is 0 Å². The Hall–Kier alpha value is -3.17. The van der Waals surface area contributed by atoms with E-state index in [9.17, 15) is 19.5 Å². The van der Waals surface area contributed by atoms with Gasteiger partial charge in [-0.3, -0.25) is 9.59 Å². The van der Waals surface area contributed by atoms with Crippen molar-refractivity contribution >= 4 is 17.8 Å². The van der Waals surface area contributed by atoms with Gasteiger partial charge in [-0.1, -0.05) is 38.1 Å². The van der Waals surface area contributed by atoms with Crippen LogP contribution in [-0.2, 0) is 30.2 Å². The molecule has 2 saturated heterocycles. The molecule has 9 atom stereocenters. The summed E-state index contributed by atoms with van der Waals surface area (Å²) in [5.74, 6) is -1.71. The summed E-state index contributed by atoms with van der Waals surface area (Å²) in [4.78, 5) is 39.7. The predicted molar refractivity (Wildman–Crippen MR) is 136 cm³/mol. The summed E-state index contributed by atoms with van der Waals surface area (Å²) in [5, 5.41) is 13.7. The van der Waals surface area contributed by atoms with Crippen LogP contribution in [0.15, 0.2) is 48.8 Å². The molecule has 4 aliphatic rings. The first-order valence-corrected chi connectivity index (χ1v) is 13.1. The zero-order chi connectivity index (χ0) is 27.5. The normalized spacial score (nSPS) is 43.9. The molecule has 0 aromatic heterocycles. The summed E-state index contributed by atoms with van der Waals surface area (Å²) in [6.07, 6.45) is 5.15. The minimum Gasteiger partial charge on any atom is -0.497 e. The molecule has 204 valence electrons. The SMILES string of the molecule is COc1ccc(C[C@@H]2NC(=O)[C@@]34OC(=O)O/C=C/[C@@](C)(O)C(=O)[C@@H](C)C/C=C/[C@H]3[C@@H]3O[C@]3(C)[C@@H](C)[C@@H]24)cc1. The fourth-order valence-electron chi connectivity index (χ4n) is 6.65. The van der Waals surface area contributed by atoms with Gasteiger partial charge in [0.25, 0.3) is 5.91 Å². The Labute approximate surface area is 222 Å². The maximum absolute atomic E-state index is 13.9. The highest BCUT2D eigenvalue weighted by molar-refractivity contribution is 5.92. The van der Waals surface area contributed by atoms with Crippen molar-refractivity contribution in [2.45, 2.75) is 69.5 Å². The Kier molecular flexibility index (Phi) is 6.43. The number of carbonyl (C=O) groups excluding carboxylic acids is 3. The second-order valence-corrected chi connectivity index (χ2v) is 11.3. The number of rotatable bonds is 3. The van der Waals surface area contributed by atoms with Crippen molar-refractivity contribution in [2.75, 3.05) is 7.11 Å². The van der Waals surface area contributed by atoms with E-state index in [0.29, 0.717) is 12.8 Å². The lowest BCUT2D eigenvalue weighted by Gasteiger charge is -2.45. The molecule has 3 heterocycles. The Balaban J connectivity index is 1.55. The molecule has 0 unspecified atom stereocenters. The van der Waals surface area contributed by atoms with Gasteiger partial charge in [0.1, 0.15) is 11.4 Å². The van der Waals surface area contributed by atoms with Gasteiger partial charge in [0, 0.05) is 17.9 Å². The lowest BCUT2D eigenvalue weighted by atomic mass is 9.59. The highest BCUT2D eigenvalue weighted by Gasteiger charge is 2.78. The van der Waals surface area contributed by atoms with Gasteiger partial charge in [0.2, 0.25) is 5.60 Å². The number of Topliss-reactive ketones (excluding diaryl/α,β-unsaturated/α-hetero) is 1. The van der Waals surface area contributed by atoms with Crippen LogP contribution in [0.4, 0.5) is 4.79 Å². The Morgan fingerprint density at radius 1 is 1.13 bits per heavy atom. The van der Waals surface area contributed by atoms with Gasteiger partial charge in [-0.2, -0.15) is 0 Å². The van der Waals surface area contributed by atoms with Crippen molar-refractivity contribution in [3.63, 3.8) is 0 Å². The number of ketones is 1. The molecule has 1 spiro atoms. The lowest BCUT2D eigenvalue weighted by molar-refractivity contribution is -0.153. The molecule has 38 heavy (non-hydrogen) atoms. The van der Waals surface area contributed by atoms with E-state index in [1.54, 1.807) is 14.0 Å². The van der Waals surface area contributed by atoms with Crippen molar-refractivity contribution in [1.82, 2.24) is 5.32 Å². The van der Waals surface area contributed by atoms with Crippen molar-refractivity contribution < 1.29 is 38.4 Å². The fraction of sp³-hybridized carbons (Fsp3) is 0.552. The van der Waals surface area contributed by atoms with Crippen molar-refractivity contribution in [2.24, 2.45) is 23.7 Å². The third kappa shape index (κ3) is 4.12. The minimum atomic E-state index is -1.82. The largest absolute Gasteiger partial charge is 0.514 e. The Morgan fingerprint density at radius 3 is 2.53 bits per heavy atom. The number of ether oxygens (including phenoxy) is 4. The first kappa shape index (κ1) is 26.4. The van der Waals surface area contributed by atoms with E-state index in [1.807, 2.05) is 50.3 Å². The zero-order valence-corrected chi connectivity index (χ0v) is 22.3. The number of hydrogen-bond donors (Lipinski definition) is 2. The van der Waals surface area contributed by atoms with Gasteiger partial charge in [-0.25, -0.2) is 4.79 Å². The summed E-state index contributed by atoms with van der Waals surface area (Å²) < 4.78 is 22.6. The molecule has 3 aliphatic heterocycles. The van der Waals surface area contributed by atoms with E-state index in [4.69, 9.17) is 18.9 Å². The first-order chi connectivity index (χ1) is 17.9. The van der Waals surface area contributed by atoms with Crippen LogP contribution in [0.1, 0.15) is 39.7 Å². The van der Waals surface area contributed by atoms with Gasteiger partial charge in [0.05, 0.1) is 31.0 Å². The van der Waals surface area contributed by atoms with Gasteiger partial charge >= 0.3 is 6.16 Å². The molecular formula is C29H35NO8. The monoisotopic (exact) mass is 525 g/mol. The minimum absolute atomic E-state index is 0.125. The van der Waals surface area contributed by atoms with E-state index in [1.165, 1.54) is 6.92 Å². The number of hydrogen-bond acceptors (Lipinski definition) is 8. The summed E-state index contributed by atoms with van der Waals surface area (Å²) in [5.41, 5.74) is -2.89. The third-order valence-corrected chi connectivity index (χ3v) is 8.96. The molecule has 9 nitrogen and oxygen atoms in total. The highest BCUT2D eigenvalue weighted by atomic mass is 16.7. The van der Waals surface area contributed by atoms with Gasteiger partial charge in [-0.15, -0.1) is 0 Å². The molecule has 9 heteroatoms. The van der Waals surface area contributed by atoms with Crippen molar-refractivity contribution in [3.05, 3.63) is 54.3 Å². The van der Waals surface area contributed by atoms with Gasteiger partial charge < -0.3 is 29.4 Å². The molecule has 1 aliphatic carbocycles. The number of epoxide rings is 1. The van der Waals surface area contributed by atoms with Crippen LogP contribution < -0.4 is 10.1 Å². The smallest absolute Gasteiger partial charge is 0.497 e. The number of amides is 1. The van der Waals surface area contributed by atoms with Crippen LogP contribution in [0.2, 0.25) is 0 Å². The molecule has 0 bridgehead atoms. The Bertz CT molecular complexity index is 1190. The lowest BCUT2D eigenvalue weighted by Crippen LogP contribution is -2.61. The molecule has 1 aromatic carbocycles. The number of methoxy groups -OCH3 is 1. The van der Waals surface area contributed by atoms with Gasteiger partial charge in [0.15, 0.2) is 5.78 Å². The second-order valence-electron chi connectivity index (χ2n) is 11.3. The van der Waals surface area contributed by atoms with E-state index in [2.05, 4.69) is 5.32 Å². The summed E-state index contributed by atoms with van der Waals surface area (Å²) >= 11 is 0. The van der Waals surface area contributed by atoms with Crippen LogP contribution >= 0.6 is 0 Å². The predicted octanol–water partition coefficient (Wildman–Crippen LogP) is 3.10. The van der Waals surface area contributed by atoms with Crippen molar-refractivity contribution in [1.29, 1.82) is 0 Å². The molecule has 2 N–H and O–H groups in total. The molecule has 5 rings (SSSR count). The molecule has 1 aromatic rings. The first-order valence-electron chi connectivity index (χ1n) is 13.1. The molecule has 1 saturated carbocycles. The van der Waals surface area contributed by atoms with Gasteiger partial charge in [-0.05, 0) is 56.4 Å². The fourth-order valence-corrected chi connectivity index (χ4v) is 6.65. The van der Waals surface area contributed by atoms with Crippen LogP contribution in [0.3, 0.4) is 0 Å². The molecular weight excluding hydrogens is 490 g/mol. The van der Waals surface area contributed by atoms with Crippen molar-refractivity contribution in [3.8, 4) is 5.75 Å². The average Bonchev–Trinajstić information content (AvgIpc) is 3.49. The highest BCUT2D eigenvalue weighted by Crippen LogP contribution is 2.63.